The summed E-state index contributed by atoms with van der Waals surface area (Å²) in [6, 6.07) is -1.74. The van der Waals surface area contributed by atoms with E-state index in [1.165, 1.54) is 0 Å². The van der Waals surface area contributed by atoms with E-state index < -0.39 is 94.2 Å². The van der Waals surface area contributed by atoms with Crippen LogP contribution in [0.1, 0.15) is 37.9 Å². The summed E-state index contributed by atoms with van der Waals surface area (Å²) in [6.07, 6.45) is -9.29. The third-order valence-electron chi connectivity index (χ3n) is 6.70. The number of nitrogens with zero attached hydrogens (tertiary/aromatic N) is 1. The van der Waals surface area contributed by atoms with Crippen LogP contribution >= 0.6 is 0 Å². The predicted octanol–water partition coefficient (Wildman–Crippen LogP) is 8.26. The molecular weight excluding hydrogens is 624 g/mol. The van der Waals surface area contributed by atoms with Gasteiger partial charge >= 0.3 is 47.6 Å². The minimum Gasteiger partial charge on any atom is -0.250 e. The third-order valence-corrected chi connectivity index (χ3v) is 6.70. The molecule has 0 unspecified atom stereocenters. The van der Waals surface area contributed by atoms with Gasteiger partial charge in [-0.3, -0.25) is 4.84 Å². The highest BCUT2D eigenvalue weighted by Crippen LogP contribution is 2.68. The summed E-state index contributed by atoms with van der Waals surface area (Å²) in [5, 5.41) is 0.0229. The van der Waals surface area contributed by atoms with Crippen LogP contribution in [0.5, 0.6) is 0 Å². The van der Waals surface area contributed by atoms with Gasteiger partial charge in [-0.2, -0.15) is 70.9 Å². The summed E-state index contributed by atoms with van der Waals surface area (Å²) in [5.41, 5.74) is -3.45. The number of rotatable bonds is 6. The van der Waals surface area contributed by atoms with Gasteiger partial charge in [-0.1, -0.05) is 0 Å². The van der Waals surface area contributed by atoms with Gasteiger partial charge in [-0.15, -0.1) is 0 Å². The smallest absolute Gasteiger partial charge is 0.250 e. The maximum absolute atomic E-state index is 16.0. The van der Waals surface area contributed by atoms with E-state index in [4.69, 9.17) is 0 Å². The number of benzene rings is 1. The number of hydrogen-bond acceptors (Lipinski definition) is 2. The summed E-state index contributed by atoms with van der Waals surface area (Å²) in [4.78, 5) is 4.18. The number of halogens is 18. The Hall–Kier alpha value is -2.12. The average molecular weight is 639 g/mol. The van der Waals surface area contributed by atoms with E-state index in [9.17, 15) is 65.9 Å². The zero-order valence-electron chi connectivity index (χ0n) is 20.2. The largest absolute Gasteiger partial charge is 0.460 e. The Morgan fingerprint density at radius 1 is 0.707 bits per heavy atom. The van der Waals surface area contributed by atoms with E-state index in [2.05, 4.69) is 4.84 Å². The predicted molar refractivity (Wildman–Crippen MR) is 98.5 cm³/mol. The van der Waals surface area contributed by atoms with Gasteiger partial charge in [0.2, 0.25) is 0 Å². The van der Waals surface area contributed by atoms with Crippen molar-refractivity contribution >= 4 is 0 Å². The lowest BCUT2D eigenvalue weighted by Gasteiger charge is -2.44. The summed E-state index contributed by atoms with van der Waals surface area (Å²) in [6.45, 7) is 2.92. The highest BCUT2D eigenvalue weighted by atomic mass is 19.4. The molecule has 0 amide bonds. The van der Waals surface area contributed by atoms with Gasteiger partial charge in [0.05, 0.1) is 12.0 Å². The fourth-order valence-corrected chi connectivity index (χ4v) is 4.57. The van der Waals surface area contributed by atoms with Crippen LogP contribution in [0.3, 0.4) is 0 Å². The first-order valence-corrected chi connectivity index (χ1v) is 10.8. The van der Waals surface area contributed by atoms with Gasteiger partial charge in [-0.05, 0) is 44.4 Å². The second-order valence-corrected chi connectivity index (χ2v) is 10.4. The van der Waals surface area contributed by atoms with Crippen LogP contribution in [-0.4, -0.2) is 58.2 Å². The van der Waals surface area contributed by atoms with Gasteiger partial charge in [0.25, 0.3) is 0 Å². The molecule has 1 aliphatic carbocycles. The first-order chi connectivity index (χ1) is 17.9. The van der Waals surface area contributed by atoms with Crippen molar-refractivity contribution in [3.63, 3.8) is 0 Å². The third kappa shape index (κ3) is 4.04. The molecule has 236 valence electrons. The van der Waals surface area contributed by atoms with Crippen molar-refractivity contribution in [2.24, 2.45) is 5.92 Å². The molecule has 1 aromatic carbocycles. The molecule has 41 heavy (non-hydrogen) atoms. The van der Waals surface area contributed by atoms with Gasteiger partial charge in [0.1, 0.15) is 11.6 Å². The first kappa shape index (κ1) is 33.4. The second-order valence-electron chi connectivity index (χ2n) is 10.4. The van der Waals surface area contributed by atoms with Crippen LogP contribution in [-0.2, 0) is 11.3 Å². The molecule has 2 nitrogen and oxygen atoms in total. The minimum atomic E-state index is -8.63. The van der Waals surface area contributed by atoms with Gasteiger partial charge < -0.3 is 0 Å². The molecule has 1 saturated heterocycles. The van der Waals surface area contributed by atoms with E-state index in [-0.39, 0.29) is 11.1 Å². The van der Waals surface area contributed by atoms with Crippen molar-refractivity contribution < 1.29 is 83.9 Å². The molecule has 0 bridgehead atoms. The van der Waals surface area contributed by atoms with Gasteiger partial charge in [-0.25, -0.2) is 13.2 Å². The van der Waals surface area contributed by atoms with Crippen LogP contribution in [0.4, 0.5) is 79.0 Å². The Balaban J connectivity index is 2.21. The molecule has 0 aromatic heterocycles. The Morgan fingerprint density at radius 3 is 1.59 bits per heavy atom. The zero-order chi connectivity index (χ0) is 32.4. The van der Waals surface area contributed by atoms with E-state index in [0.717, 1.165) is 20.8 Å². The molecule has 0 spiro atoms. The maximum Gasteiger partial charge on any atom is 0.460 e. The first-order valence-electron chi connectivity index (χ1n) is 10.8. The number of fused-ring (bicyclic) bond motifs is 3. The Kier molecular flexibility index (Phi) is 7.10. The van der Waals surface area contributed by atoms with Crippen molar-refractivity contribution in [2.75, 3.05) is 0 Å². The molecule has 3 atom stereocenters. The van der Waals surface area contributed by atoms with Crippen LogP contribution in [0.15, 0.2) is 12.1 Å². The van der Waals surface area contributed by atoms with Crippen molar-refractivity contribution in [3.05, 3.63) is 34.9 Å². The lowest BCUT2D eigenvalue weighted by Crippen LogP contribution is -2.75. The van der Waals surface area contributed by atoms with Crippen molar-refractivity contribution in [3.8, 4) is 0 Å². The number of hydroxylamine groups is 2. The van der Waals surface area contributed by atoms with Crippen LogP contribution in [0, 0.1) is 17.6 Å². The lowest BCUT2D eigenvalue weighted by atomic mass is 9.82. The van der Waals surface area contributed by atoms with Crippen molar-refractivity contribution in [2.45, 2.75) is 86.3 Å². The van der Waals surface area contributed by atoms with Crippen LogP contribution < -0.4 is 0 Å². The molecule has 1 fully saturated rings. The molecule has 3 rings (SSSR count). The fraction of sp³-hybridized carbons (Fsp3) is 0.714. The minimum absolute atomic E-state index is 0.0229. The van der Waals surface area contributed by atoms with Gasteiger partial charge in [0, 0.05) is 11.6 Å². The Bertz CT molecular complexity index is 1200. The molecule has 2 aliphatic rings. The topological polar surface area (TPSA) is 12.5 Å². The van der Waals surface area contributed by atoms with Crippen LogP contribution in [0.25, 0.3) is 0 Å². The van der Waals surface area contributed by atoms with Crippen LogP contribution in [0.2, 0.25) is 0 Å². The van der Waals surface area contributed by atoms with E-state index in [1.807, 2.05) is 0 Å². The summed E-state index contributed by atoms with van der Waals surface area (Å²) in [7, 11) is 0. The Labute approximate surface area is 217 Å². The highest BCUT2D eigenvalue weighted by Gasteiger charge is 2.96. The van der Waals surface area contributed by atoms with E-state index in [0.29, 0.717) is 6.07 Å². The molecule has 0 saturated carbocycles. The Morgan fingerprint density at radius 2 is 1.15 bits per heavy atom. The molecule has 1 aliphatic heterocycles. The van der Waals surface area contributed by atoms with E-state index in [1.54, 1.807) is 0 Å². The zero-order valence-corrected chi connectivity index (χ0v) is 20.2. The normalized spacial score (nSPS) is 25.5. The highest BCUT2D eigenvalue weighted by molar-refractivity contribution is 5.40. The average Bonchev–Trinajstić information content (AvgIpc) is 3.29. The molecule has 0 radical (unpaired) electrons. The lowest BCUT2D eigenvalue weighted by molar-refractivity contribution is -0.473. The number of hydrogen-bond donors (Lipinski definition) is 0. The SMILES string of the molecule is CC(C)(C)N1O[C@@](F)(C(F)(F)C(F)(F)C(F)(F)C(F)(F)C(F)(F)C(F)(F)C(F)(F)F)[C@@H]2Cc3c(F)cc(F)cc3[C@@H]21. The summed E-state index contributed by atoms with van der Waals surface area (Å²) >= 11 is 0. The second kappa shape index (κ2) is 8.72. The number of alkyl halides is 16. The molecule has 1 aromatic rings. The standard InChI is InChI=1S/C21H15F18NO/c1-13(2,3)40-12-9-4-7(22)5-11(23)8(9)6-10(12)14(24,41-40)15(25,26)16(27,28)17(29,30)18(31,32)19(33,34)20(35,36)21(37,38)39/h4-5,10,12H,6H2,1-3H3/t10-,12+,14-/m1/s1. The fourth-order valence-electron chi connectivity index (χ4n) is 4.57. The monoisotopic (exact) mass is 639 g/mol. The quantitative estimate of drug-likeness (QED) is 0.291. The summed E-state index contributed by atoms with van der Waals surface area (Å²) in [5.74, 6) is -61.3. The molecular formula is C21H15F18NO. The van der Waals surface area contributed by atoms with Crippen molar-refractivity contribution in [1.82, 2.24) is 5.06 Å². The molecule has 20 heteroatoms. The van der Waals surface area contributed by atoms with Gasteiger partial charge in [0.15, 0.2) is 0 Å². The van der Waals surface area contributed by atoms with E-state index >= 15 is 13.2 Å². The maximum atomic E-state index is 16.0. The molecule has 1 heterocycles. The molecule has 0 N–H and O–H groups in total. The van der Waals surface area contributed by atoms with Crippen molar-refractivity contribution in [1.29, 1.82) is 0 Å². The summed E-state index contributed by atoms with van der Waals surface area (Å²) < 4.78 is 250.